The fourth-order valence-electron chi connectivity index (χ4n) is 2.30. The predicted molar refractivity (Wildman–Crippen MR) is 111 cm³/mol. The molecule has 0 atom stereocenters. The summed E-state index contributed by atoms with van der Waals surface area (Å²) in [6.07, 6.45) is 0. The van der Waals surface area contributed by atoms with Crippen LogP contribution in [0.2, 0.25) is 0 Å². The number of carbonyl (C=O) groups is 1. The third kappa shape index (κ3) is 5.01. The maximum atomic E-state index is 12.6. The number of H-pyrrole nitrogens is 1. The lowest BCUT2D eigenvalue weighted by Gasteiger charge is -2.05. The molecule has 1 aromatic carbocycles. The van der Waals surface area contributed by atoms with E-state index in [0.717, 1.165) is 20.0 Å². The van der Waals surface area contributed by atoms with E-state index in [4.69, 9.17) is 9.15 Å². The second-order valence-corrected chi connectivity index (χ2v) is 8.52. The van der Waals surface area contributed by atoms with Gasteiger partial charge in [0, 0.05) is 3.57 Å². The van der Waals surface area contributed by atoms with Crippen molar-refractivity contribution in [1.82, 2.24) is 20.0 Å². The molecular formula is C17H17IN4O5S. The maximum absolute atomic E-state index is 12.6. The highest BCUT2D eigenvalue weighted by atomic mass is 127. The van der Waals surface area contributed by atoms with E-state index < -0.39 is 0 Å². The summed E-state index contributed by atoms with van der Waals surface area (Å²) in [5.41, 5.74) is -0.745. The molecule has 0 bridgehead atoms. The van der Waals surface area contributed by atoms with Crippen LogP contribution in [0, 0.1) is 9.49 Å². The standard InChI is InChI=1S/C17H17IN4O5S/c1-9(2)7-26-14(23)8-28-17-20-19-13(27-17)6-22-16(25)12-5-10(18)3-4-11(12)15(24)21-22/h3-5,9H,6-8H2,1-2H3,(H,21,24). The number of halogens is 1. The molecule has 0 aliphatic rings. The van der Waals surface area contributed by atoms with Crippen LogP contribution in [0.5, 0.6) is 0 Å². The van der Waals surface area contributed by atoms with Gasteiger partial charge in [-0.1, -0.05) is 25.6 Å². The van der Waals surface area contributed by atoms with Crippen LogP contribution >= 0.6 is 34.4 Å². The zero-order valence-corrected chi connectivity index (χ0v) is 18.1. The highest BCUT2D eigenvalue weighted by molar-refractivity contribution is 14.1. The molecule has 0 saturated carbocycles. The third-order valence-corrected chi connectivity index (χ3v) is 5.03. The van der Waals surface area contributed by atoms with E-state index in [2.05, 4.69) is 37.9 Å². The first-order chi connectivity index (χ1) is 13.3. The largest absolute Gasteiger partial charge is 0.465 e. The van der Waals surface area contributed by atoms with Crippen LogP contribution in [-0.4, -0.2) is 38.3 Å². The number of hydrogen-bond donors (Lipinski definition) is 1. The first-order valence-electron chi connectivity index (χ1n) is 8.36. The lowest BCUT2D eigenvalue weighted by atomic mass is 10.2. The van der Waals surface area contributed by atoms with E-state index in [0.29, 0.717) is 17.4 Å². The van der Waals surface area contributed by atoms with E-state index >= 15 is 0 Å². The molecule has 1 N–H and O–H groups in total. The summed E-state index contributed by atoms with van der Waals surface area (Å²) in [6, 6.07) is 5.03. The number of carbonyl (C=O) groups excluding carboxylic acids is 1. The van der Waals surface area contributed by atoms with Gasteiger partial charge in [0.05, 0.1) is 17.4 Å². The van der Waals surface area contributed by atoms with E-state index in [1.54, 1.807) is 18.2 Å². The summed E-state index contributed by atoms with van der Waals surface area (Å²) < 4.78 is 12.5. The molecule has 0 amide bonds. The van der Waals surface area contributed by atoms with Crippen molar-refractivity contribution < 1.29 is 13.9 Å². The molecule has 0 unspecified atom stereocenters. The molecule has 3 rings (SSSR count). The summed E-state index contributed by atoms with van der Waals surface area (Å²) in [5, 5.41) is 11.0. The Morgan fingerprint density at radius 3 is 2.86 bits per heavy atom. The van der Waals surface area contributed by atoms with Gasteiger partial charge in [0.2, 0.25) is 5.89 Å². The quantitative estimate of drug-likeness (QED) is 0.288. The molecular weight excluding hydrogens is 499 g/mol. The van der Waals surface area contributed by atoms with E-state index in [1.807, 2.05) is 13.8 Å². The van der Waals surface area contributed by atoms with Crippen molar-refractivity contribution >= 4 is 51.1 Å². The van der Waals surface area contributed by atoms with Gasteiger partial charge < -0.3 is 9.15 Å². The number of aromatic amines is 1. The van der Waals surface area contributed by atoms with Crippen LogP contribution in [0.1, 0.15) is 19.7 Å². The maximum Gasteiger partial charge on any atom is 0.316 e. The lowest BCUT2D eigenvalue weighted by Crippen LogP contribution is -2.30. The van der Waals surface area contributed by atoms with E-state index in [9.17, 15) is 14.4 Å². The molecule has 148 valence electrons. The number of esters is 1. The molecule has 11 heteroatoms. The number of thioether (sulfide) groups is 1. The molecule has 0 fully saturated rings. The normalized spacial score (nSPS) is 11.3. The van der Waals surface area contributed by atoms with E-state index in [-0.39, 0.29) is 46.4 Å². The monoisotopic (exact) mass is 516 g/mol. The highest BCUT2D eigenvalue weighted by Gasteiger charge is 2.14. The average molecular weight is 516 g/mol. The van der Waals surface area contributed by atoms with Crippen LogP contribution in [0.4, 0.5) is 0 Å². The van der Waals surface area contributed by atoms with Crippen LogP contribution in [-0.2, 0) is 16.1 Å². The summed E-state index contributed by atoms with van der Waals surface area (Å²) in [5.74, 6) is 0.0677. The van der Waals surface area contributed by atoms with Gasteiger partial charge in [0.1, 0.15) is 12.3 Å². The summed E-state index contributed by atoms with van der Waals surface area (Å²) >= 11 is 3.13. The van der Waals surface area contributed by atoms with Crippen LogP contribution < -0.4 is 11.1 Å². The molecule has 0 aliphatic heterocycles. The minimum absolute atomic E-state index is 0.0412. The topological polar surface area (TPSA) is 120 Å². The summed E-state index contributed by atoms with van der Waals surface area (Å²) in [7, 11) is 0. The predicted octanol–water partition coefficient (Wildman–Crippen LogP) is 2.02. The summed E-state index contributed by atoms with van der Waals surface area (Å²) in [4.78, 5) is 36.5. The summed E-state index contributed by atoms with van der Waals surface area (Å²) in [6.45, 7) is 4.17. The molecule has 2 heterocycles. The van der Waals surface area contributed by atoms with Crippen molar-refractivity contribution in [1.29, 1.82) is 0 Å². The van der Waals surface area contributed by atoms with Crippen molar-refractivity contribution in [3.8, 4) is 0 Å². The SMILES string of the molecule is CC(C)COC(=O)CSc1nnc(Cn2[nH]c(=O)c3ccc(I)cc3c2=O)o1. The Labute approximate surface area is 177 Å². The number of hydrogen-bond acceptors (Lipinski definition) is 8. The first kappa shape index (κ1) is 20.6. The van der Waals surface area contributed by atoms with Crippen LogP contribution in [0.15, 0.2) is 37.4 Å². The van der Waals surface area contributed by atoms with Crippen molar-refractivity contribution in [3.63, 3.8) is 0 Å². The molecule has 3 aromatic rings. The number of benzene rings is 1. The smallest absolute Gasteiger partial charge is 0.316 e. The van der Waals surface area contributed by atoms with Crippen molar-refractivity contribution in [2.24, 2.45) is 5.92 Å². The Kier molecular flexibility index (Phi) is 6.54. The average Bonchev–Trinajstić information content (AvgIpc) is 3.09. The van der Waals surface area contributed by atoms with Crippen molar-refractivity contribution in [2.45, 2.75) is 25.6 Å². The fraction of sp³-hybridized carbons (Fsp3) is 0.353. The number of rotatable bonds is 7. The van der Waals surface area contributed by atoms with Gasteiger partial charge in [-0.15, -0.1) is 10.2 Å². The number of nitrogens with one attached hydrogen (secondary N) is 1. The van der Waals surface area contributed by atoms with Crippen molar-refractivity contribution in [2.75, 3.05) is 12.4 Å². The van der Waals surface area contributed by atoms with Gasteiger partial charge in [-0.2, -0.15) is 0 Å². The number of aromatic nitrogens is 4. The van der Waals surface area contributed by atoms with Gasteiger partial charge in [0.15, 0.2) is 0 Å². The highest BCUT2D eigenvalue weighted by Crippen LogP contribution is 2.17. The van der Waals surface area contributed by atoms with Gasteiger partial charge in [-0.3, -0.25) is 19.5 Å². The Morgan fingerprint density at radius 1 is 1.32 bits per heavy atom. The van der Waals surface area contributed by atoms with Crippen LogP contribution in [0.25, 0.3) is 10.8 Å². The molecule has 0 spiro atoms. The fourth-order valence-corrected chi connectivity index (χ4v) is 3.37. The first-order valence-corrected chi connectivity index (χ1v) is 10.4. The zero-order valence-electron chi connectivity index (χ0n) is 15.1. The number of nitrogens with zero attached hydrogens (tertiary/aromatic N) is 3. The Morgan fingerprint density at radius 2 is 2.11 bits per heavy atom. The molecule has 2 aromatic heterocycles. The number of ether oxygens (including phenoxy) is 1. The van der Waals surface area contributed by atoms with Gasteiger partial charge >= 0.3 is 5.97 Å². The molecule has 28 heavy (non-hydrogen) atoms. The molecule has 0 radical (unpaired) electrons. The Hall–Kier alpha value is -2.15. The minimum Gasteiger partial charge on any atom is -0.465 e. The number of fused-ring (bicyclic) bond motifs is 1. The van der Waals surface area contributed by atoms with E-state index in [1.165, 1.54) is 0 Å². The van der Waals surface area contributed by atoms with Gasteiger partial charge in [-0.25, -0.2) is 4.68 Å². The van der Waals surface area contributed by atoms with Crippen LogP contribution in [0.3, 0.4) is 0 Å². The minimum atomic E-state index is -0.381. The van der Waals surface area contributed by atoms with Crippen molar-refractivity contribution in [3.05, 3.63) is 48.4 Å². The second-order valence-electron chi connectivity index (χ2n) is 6.35. The zero-order chi connectivity index (χ0) is 20.3. The lowest BCUT2D eigenvalue weighted by molar-refractivity contribution is -0.141. The van der Waals surface area contributed by atoms with Gasteiger partial charge in [-0.05, 0) is 46.7 Å². The molecule has 0 saturated heterocycles. The third-order valence-electron chi connectivity index (χ3n) is 3.57. The van der Waals surface area contributed by atoms with Gasteiger partial charge in [0.25, 0.3) is 16.3 Å². The second kappa shape index (κ2) is 8.90. The molecule has 9 nitrogen and oxygen atoms in total. The molecule has 0 aliphatic carbocycles. The Bertz CT molecular complexity index is 1120. The Balaban J connectivity index is 1.72.